The lowest BCUT2D eigenvalue weighted by Gasteiger charge is -2.26. The van der Waals surface area contributed by atoms with Gasteiger partial charge in [0, 0.05) is 14.2 Å². The molecule has 0 amide bonds. The Labute approximate surface area is 156 Å². The summed E-state index contributed by atoms with van der Waals surface area (Å²) in [6.07, 6.45) is 0. The zero-order valence-corrected chi connectivity index (χ0v) is 16.4. The van der Waals surface area contributed by atoms with Crippen molar-refractivity contribution in [2.45, 2.75) is 25.0 Å². The van der Waals surface area contributed by atoms with Crippen LogP contribution >= 0.6 is 8.60 Å². The maximum atomic E-state index is 6.06. The molecule has 0 atom stereocenters. The molecule has 0 fully saturated rings. The lowest BCUT2D eigenvalue weighted by molar-refractivity contribution is 0.107. The second kappa shape index (κ2) is 7.85. The summed E-state index contributed by atoms with van der Waals surface area (Å²) in [6, 6.07) is 20.4. The zero-order valence-electron chi connectivity index (χ0n) is 15.5. The smallest absolute Gasteiger partial charge is 0.333 e. The number of ether oxygens (including phenoxy) is 1. The van der Waals surface area contributed by atoms with Crippen molar-refractivity contribution in [2.75, 3.05) is 20.8 Å². The van der Waals surface area contributed by atoms with E-state index in [4.69, 9.17) is 23.3 Å². The summed E-state index contributed by atoms with van der Waals surface area (Å²) < 4.78 is 22.5. The molecule has 1 aliphatic heterocycles. The minimum atomic E-state index is -1.46. The second-order valence-electron chi connectivity index (χ2n) is 6.49. The molecule has 6 heteroatoms. The van der Waals surface area contributed by atoms with Gasteiger partial charge in [-0.2, -0.15) is 0 Å². The van der Waals surface area contributed by atoms with Crippen LogP contribution in [-0.4, -0.2) is 32.3 Å². The second-order valence-corrected chi connectivity index (χ2v) is 7.85. The Hall–Kier alpha value is -1.78. The van der Waals surface area contributed by atoms with Crippen molar-refractivity contribution >= 4 is 14.5 Å². The SMILES string of the molecule is COP(OC)OC(C)(C)C1=NC(c2ccccc2)(c2ccccc2)CO1. The van der Waals surface area contributed by atoms with Crippen molar-refractivity contribution in [1.29, 1.82) is 0 Å². The molecule has 2 aromatic carbocycles. The van der Waals surface area contributed by atoms with Gasteiger partial charge in [-0.3, -0.25) is 4.52 Å². The molecular weight excluding hydrogens is 349 g/mol. The minimum Gasteiger partial charge on any atom is -0.476 e. The summed E-state index contributed by atoms with van der Waals surface area (Å²) in [4.78, 5) is 5.02. The number of benzene rings is 2. The van der Waals surface area contributed by atoms with Crippen LogP contribution in [0.2, 0.25) is 0 Å². The third-order valence-electron chi connectivity index (χ3n) is 4.33. The van der Waals surface area contributed by atoms with Gasteiger partial charge in [-0.25, -0.2) is 4.99 Å². The number of aliphatic imine (C=N–C) groups is 1. The van der Waals surface area contributed by atoms with Crippen molar-refractivity contribution in [2.24, 2.45) is 4.99 Å². The first-order valence-electron chi connectivity index (χ1n) is 8.43. The minimum absolute atomic E-state index is 0.418. The van der Waals surface area contributed by atoms with Gasteiger partial charge in [0.25, 0.3) is 0 Å². The van der Waals surface area contributed by atoms with E-state index < -0.39 is 19.7 Å². The normalized spacial score (nSPS) is 16.4. The largest absolute Gasteiger partial charge is 0.476 e. The Morgan fingerprint density at radius 2 is 1.42 bits per heavy atom. The number of hydrogen-bond donors (Lipinski definition) is 0. The molecule has 0 saturated carbocycles. The Bertz CT molecular complexity index is 705. The maximum absolute atomic E-state index is 6.06. The van der Waals surface area contributed by atoms with Gasteiger partial charge in [0.05, 0.1) is 0 Å². The molecule has 0 radical (unpaired) electrons. The van der Waals surface area contributed by atoms with Crippen LogP contribution in [0.3, 0.4) is 0 Å². The van der Waals surface area contributed by atoms with Gasteiger partial charge < -0.3 is 13.8 Å². The maximum Gasteiger partial charge on any atom is 0.333 e. The fraction of sp³-hybridized carbons (Fsp3) is 0.350. The van der Waals surface area contributed by atoms with Crippen LogP contribution in [0.1, 0.15) is 25.0 Å². The van der Waals surface area contributed by atoms with Gasteiger partial charge in [-0.1, -0.05) is 60.7 Å². The van der Waals surface area contributed by atoms with Gasteiger partial charge in [-0.05, 0) is 25.0 Å². The molecule has 0 unspecified atom stereocenters. The molecule has 0 bridgehead atoms. The highest BCUT2D eigenvalue weighted by molar-refractivity contribution is 7.41. The van der Waals surface area contributed by atoms with Crippen LogP contribution in [0.25, 0.3) is 0 Å². The fourth-order valence-electron chi connectivity index (χ4n) is 2.98. The summed E-state index contributed by atoms with van der Waals surface area (Å²) in [7, 11) is 1.65. The van der Waals surface area contributed by atoms with Gasteiger partial charge >= 0.3 is 8.60 Å². The first-order valence-corrected chi connectivity index (χ1v) is 9.53. The van der Waals surface area contributed by atoms with E-state index in [1.165, 1.54) is 0 Å². The lowest BCUT2D eigenvalue weighted by Crippen LogP contribution is -2.34. The van der Waals surface area contributed by atoms with Crippen molar-refractivity contribution in [1.82, 2.24) is 0 Å². The van der Waals surface area contributed by atoms with Crippen LogP contribution in [0.15, 0.2) is 65.7 Å². The molecule has 26 heavy (non-hydrogen) atoms. The van der Waals surface area contributed by atoms with Crippen LogP contribution in [0, 0.1) is 0 Å². The van der Waals surface area contributed by atoms with E-state index >= 15 is 0 Å². The zero-order chi connectivity index (χ0) is 18.6. The Kier molecular flexibility index (Phi) is 5.73. The number of nitrogens with zero attached hydrogens (tertiary/aromatic N) is 1. The van der Waals surface area contributed by atoms with E-state index in [1.807, 2.05) is 50.2 Å². The standard InChI is InChI=1S/C20H24NO4P/c1-19(2,25-26(22-3)23-4)18-21-20(15-24-18,16-11-7-5-8-12-16)17-13-9-6-10-14-17/h5-14H,15H2,1-4H3. The predicted molar refractivity (Wildman–Crippen MR) is 103 cm³/mol. The van der Waals surface area contributed by atoms with Gasteiger partial charge in [-0.15, -0.1) is 0 Å². The molecular formula is C20H24NO4P. The Morgan fingerprint density at radius 1 is 0.923 bits per heavy atom. The van der Waals surface area contributed by atoms with Crippen LogP contribution in [0.5, 0.6) is 0 Å². The monoisotopic (exact) mass is 373 g/mol. The molecule has 2 aromatic rings. The molecule has 0 N–H and O–H groups in total. The summed E-state index contributed by atoms with van der Waals surface area (Å²) in [5.74, 6) is 0.534. The molecule has 0 saturated heterocycles. The van der Waals surface area contributed by atoms with Gasteiger partial charge in [0.1, 0.15) is 17.7 Å². The highest BCUT2D eigenvalue weighted by atomic mass is 31.2. The Morgan fingerprint density at radius 3 is 1.88 bits per heavy atom. The van der Waals surface area contributed by atoms with Crippen molar-refractivity contribution in [3.05, 3.63) is 71.8 Å². The van der Waals surface area contributed by atoms with E-state index in [2.05, 4.69) is 24.3 Å². The summed E-state index contributed by atoms with van der Waals surface area (Å²) in [5.41, 5.74) is 0.792. The summed E-state index contributed by atoms with van der Waals surface area (Å²) in [6.45, 7) is 4.23. The van der Waals surface area contributed by atoms with E-state index in [1.54, 1.807) is 14.2 Å². The molecule has 0 aromatic heterocycles. The van der Waals surface area contributed by atoms with Crippen molar-refractivity contribution < 1.29 is 18.3 Å². The predicted octanol–water partition coefficient (Wildman–Crippen LogP) is 4.67. The highest BCUT2D eigenvalue weighted by Gasteiger charge is 2.45. The first kappa shape index (κ1) is 19.0. The molecule has 0 spiro atoms. The molecule has 5 nitrogen and oxygen atoms in total. The fourth-order valence-corrected chi connectivity index (χ4v) is 3.73. The summed E-state index contributed by atoms with van der Waals surface area (Å²) >= 11 is 0. The lowest BCUT2D eigenvalue weighted by atomic mass is 9.84. The number of rotatable bonds is 7. The van der Waals surface area contributed by atoms with Crippen LogP contribution < -0.4 is 0 Å². The average molecular weight is 373 g/mol. The topological polar surface area (TPSA) is 49.3 Å². The van der Waals surface area contributed by atoms with E-state index in [0.29, 0.717) is 12.5 Å². The quantitative estimate of drug-likeness (QED) is 0.662. The van der Waals surface area contributed by atoms with Gasteiger partial charge in [0.15, 0.2) is 0 Å². The van der Waals surface area contributed by atoms with Crippen molar-refractivity contribution in [3.8, 4) is 0 Å². The number of hydrogen-bond acceptors (Lipinski definition) is 5. The first-order chi connectivity index (χ1) is 12.5. The molecule has 1 aliphatic rings. The van der Waals surface area contributed by atoms with E-state index in [-0.39, 0.29) is 0 Å². The molecule has 3 rings (SSSR count). The van der Waals surface area contributed by atoms with Crippen LogP contribution in [-0.2, 0) is 23.8 Å². The third kappa shape index (κ3) is 3.67. The molecule has 0 aliphatic carbocycles. The van der Waals surface area contributed by atoms with E-state index in [9.17, 15) is 0 Å². The Balaban J connectivity index is 2.02. The van der Waals surface area contributed by atoms with E-state index in [0.717, 1.165) is 11.1 Å². The van der Waals surface area contributed by atoms with Crippen LogP contribution in [0.4, 0.5) is 0 Å². The van der Waals surface area contributed by atoms with Crippen molar-refractivity contribution in [3.63, 3.8) is 0 Å². The summed E-state index contributed by atoms with van der Waals surface area (Å²) in [5, 5.41) is 0. The highest BCUT2D eigenvalue weighted by Crippen LogP contribution is 2.45. The average Bonchev–Trinajstić information content (AvgIpc) is 3.15. The van der Waals surface area contributed by atoms with Gasteiger partial charge in [0.2, 0.25) is 5.90 Å². The molecule has 1 heterocycles. The third-order valence-corrected chi connectivity index (χ3v) is 5.53. The molecule has 138 valence electrons.